The number of hydrogen-bond acceptors (Lipinski definition) is 2. The molecule has 2 aromatic rings. The van der Waals surface area contributed by atoms with Crippen molar-refractivity contribution in [3.63, 3.8) is 0 Å². The van der Waals surface area contributed by atoms with E-state index in [4.69, 9.17) is 23.2 Å². The van der Waals surface area contributed by atoms with E-state index in [0.717, 1.165) is 24.3 Å². The molecule has 0 bridgehead atoms. The lowest BCUT2D eigenvalue weighted by molar-refractivity contribution is -0.138. The van der Waals surface area contributed by atoms with Gasteiger partial charge in [-0.05, 0) is 36.4 Å². The van der Waals surface area contributed by atoms with E-state index < -0.39 is 48.1 Å². The fraction of sp³-hybridized carbons (Fsp3) is 0.222. The number of alkyl halides is 6. The molecular weight excluding hydrogens is 461 g/mol. The van der Waals surface area contributed by atoms with Gasteiger partial charge >= 0.3 is 12.4 Å². The van der Waals surface area contributed by atoms with E-state index in [9.17, 15) is 35.9 Å². The van der Waals surface area contributed by atoms with Gasteiger partial charge < -0.3 is 10.6 Å². The molecule has 0 aliphatic heterocycles. The van der Waals surface area contributed by atoms with E-state index in [2.05, 4.69) is 10.6 Å². The molecule has 2 rings (SSSR count). The molecule has 0 heterocycles. The molecule has 0 spiro atoms. The number of amides is 2. The first-order valence-corrected chi connectivity index (χ1v) is 8.86. The summed E-state index contributed by atoms with van der Waals surface area (Å²) in [5.41, 5.74) is -2.64. The number of hydrogen-bond donors (Lipinski definition) is 2. The smallest absolute Gasteiger partial charge is 0.325 e. The lowest BCUT2D eigenvalue weighted by Gasteiger charge is -2.12. The number of rotatable bonds is 5. The molecule has 0 saturated carbocycles. The second-order valence-electron chi connectivity index (χ2n) is 5.98. The maximum atomic E-state index is 12.7. The maximum absolute atomic E-state index is 12.7. The quantitative estimate of drug-likeness (QED) is 0.495. The van der Waals surface area contributed by atoms with Crippen molar-refractivity contribution in [1.29, 1.82) is 0 Å². The van der Waals surface area contributed by atoms with Crippen LogP contribution in [0.1, 0.15) is 24.0 Å². The summed E-state index contributed by atoms with van der Waals surface area (Å²) in [6, 6.07) is 4.69. The van der Waals surface area contributed by atoms with Crippen LogP contribution in [0.3, 0.4) is 0 Å². The number of benzene rings is 2. The molecule has 4 nitrogen and oxygen atoms in total. The van der Waals surface area contributed by atoms with Crippen molar-refractivity contribution in [3.05, 3.63) is 57.6 Å². The van der Waals surface area contributed by atoms with Crippen LogP contribution >= 0.6 is 23.2 Å². The van der Waals surface area contributed by atoms with Gasteiger partial charge in [-0.15, -0.1) is 0 Å². The zero-order valence-corrected chi connectivity index (χ0v) is 16.2. The molecule has 0 saturated heterocycles. The highest BCUT2D eigenvalue weighted by molar-refractivity contribution is 6.34. The fourth-order valence-electron chi connectivity index (χ4n) is 2.25. The van der Waals surface area contributed by atoms with Crippen molar-refractivity contribution in [2.24, 2.45) is 0 Å². The van der Waals surface area contributed by atoms with Crippen molar-refractivity contribution >= 4 is 46.4 Å². The third-order valence-electron chi connectivity index (χ3n) is 3.71. The molecule has 30 heavy (non-hydrogen) atoms. The summed E-state index contributed by atoms with van der Waals surface area (Å²) >= 11 is 11.5. The summed E-state index contributed by atoms with van der Waals surface area (Å²) < 4.78 is 76.5. The average molecular weight is 473 g/mol. The Morgan fingerprint density at radius 2 is 1.03 bits per heavy atom. The first-order valence-electron chi connectivity index (χ1n) is 8.10. The Kier molecular flexibility index (Phi) is 7.25. The van der Waals surface area contributed by atoms with E-state index in [0.29, 0.717) is 12.1 Å². The second-order valence-corrected chi connectivity index (χ2v) is 6.80. The topological polar surface area (TPSA) is 58.2 Å². The number of carbonyl (C=O) groups excluding carboxylic acids is 2. The zero-order chi connectivity index (χ0) is 22.7. The predicted molar refractivity (Wildman–Crippen MR) is 99.4 cm³/mol. The minimum absolute atomic E-state index is 0.142. The summed E-state index contributed by atoms with van der Waals surface area (Å²) in [7, 11) is 0. The van der Waals surface area contributed by atoms with E-state index in [1.807, 2.05) is 0 Å². The fourth-order valence-corrected chi connectivity index (χ4v) is 2.58. The lowest BCUT2D eigenvalue weighted by atomic mass is 10.1. The van der Waals surface area contributed by atoms with Gasteiger partial charge in [-0.2, -0.15) is 26.3 Å². The summed E-state index contributed by atoms with van der Waals surface area (Å²) in [6.45, 7) is 0. The van der Waals surface area contributed by atoms with Crippen LogP contribution in [0.2, 0.25) is 10.0 Å². The van der Waals surface area contributed by atoms with Crippen LogP contribution < -0.4 is 10.6 Å². The van der Waals surface area contributed by atoms with Crippen molar-refractivity contribution < 1.29 is 35.9 Å². The van der Waals surface area contributed by atoms with Crippen molar-refractivity contribution in [3.8, 4) is 0 Å². The molecule has 0 atom stereocenters. The second kappa shape index (κ2) is 9.13. The Morgan fingerprint density at radius 1 is 0.700 bits per heavy atom. The van der Waals surface area contributed by atoms with Gasteiger partial charge in [0.1, 0.15) is 0 Å². The van der Waals surface area contributed by atoms with Crippen molar-refractivity contribution in [1.82, 2.24) is 0 Å². The number of anilines is 2. The first-order chi connectivity index (χ1) is 13.8. The third kappa shape index (κ3) is 6.53. The van der Waals surface area contributed by atoms with Gasteiger partial charge in [0.15, 0.2) is 0 Å². The summed E-state index contributed by atoms with van der Waals surface area (Å²) in [6.07, 6.45) is -10.2. The van der Waals surface area contributed by atoms with Gasteiger partial charge in [0.25, 0.3) is 0 Å². The van der Waals surface area contributed by atoms with Crippen LogP contribution in [0.25, 0.3) is 0 Å². The van der Waals surface area contributed by atoms with Crippen LogP contribution in [0, 0.1) is 0 Å². The van der Waals surface area contributed by atoms with Crippen molar-refractivity contribution in [2.75, 3.05) is 10.6 Å². The number of halogens is 8. The van der Waals surface area contributed by atoms with Crippen LogP contribution in [0.4, 0.5) is 37.7 Å². The highest BCUT2D eigenvalue weighted by Gasteiger charge is 2.32. The van der Waals surface area contributed by atoms with Gasteiger partial charge in [0.2, 0.25) is 11.8 Å². The van der Waals surface area contributed by atoms with Crippen molar-refractivity contribution in [2.45, 2.75) is 25.2 Å². The summed E-state index contributed by atoms with van der Waals surface area (Å²) in [5.74, 6) is -1.64. The van der Waals surface area contributed by atoms with Gasteiger partial charge in [-0.1, -0.05) is 23.2 Å². The van der Waals surface area contributed by atoms with Crippen LogP contribution in [0.5, 0.6) is 0 Å². The molecule has 0 fully saturated rings. The Morgan fingerprint density at radius 3 is 1.33 bits per heavy atom. The molecule has 0 aliphatic carbocycles. The SMILES string of the molecule is O=C(CCC(=O)Nc1cc(C(F)(F)F)ccc1Cl)Nc1cc(C(F)(F)F)ccc1Cl. The summed E-state index contributed by atoms with van der Waals surface area (Å²) in [4.78, 5) is 23.9. The van der Waals surface area contributed by atoms with Gasteiger partial charge in [-0.25, -0.2) is 0 Å². The Hall–Kier alpha value is -2.46. The van der Waals surface area contributed by atoms with E-state index in [1.54, 1.807) is 0 Å². The first kappa shape index (κ1) is 23.8. The molecule has 0 aliphatic rings. The zero-order valence-electron chi connectivity index (χ0n) is 14.7. The molecule has 0 radical (unpaired) electrons. The average Bonchev–Trinajstić information content (AvgIpc) is 2.62. The molecule has 0 aromatic heterocycles. The molecule has 2 N–H and O–H groups in total. The predicted octanol–water partition coefficient (Wildman–Crippen LogP) is 6.39. The standard InChI is InChI=1S/C18H12Cl2F6N2O2/c19-11-3-1-9(17(21,22)23)7-13(11)27-15(29)5-6-16(30)28-14-8-10(18(24,25)26)2-4-12(14)20/h1-4,7-8H,5-6H2,(H,27,29)(H,28,30). The molecular formula is C18H12Cl2F6N2O2. The Balaban J connectivity index is 1.98. The minimum atomic E-state index is -4.64. The van der Waals surface area contributed by atoms with Gasteiger partial charge in [0, 0.05) is 12.8 Å². The highest BCUT2D eigenvalue weighted by Crippen LogP contribution is 2.35. The molecule has 0 unspecified atom stereocenters. The van der Waals surface area contributed by atoms with Crippen LogP contribution in [-0.2, 0) is 21.9 Å². The van der Waals surface area contributed by atoms with Crippen LogP contribution in [-0.4, -0.2) is 11.8 Å². The normalized spacial score (nSPS) is 11.9. The molecule has 12 heteroatoms. The molecule has 162 valence electrons. The third-order valence-corrected chi connectivity index (χ3v) is 4.37. The Labute approximate surface area is 176 Å². The molecule has 2 aromatic carbocycles. The number of nitrogens with one attached hydrogen (secondary N) is 2. The Bertz CT molecular complexity index is 883. The van der Waals surface area contributed by atoms with Gasteiger partial charge in [-0.3, -0.25) is 9.59 Å². The monoisotopic (exact) mass is 472 g/mol. The largest absolute Gasteiger partial charge is 0.416 e. The van der Waals surface area contributed by atoms with Crippen LogP contribution in [0.15, 0.2) is 36.4 Å². The molecule has 2 amide bonds. The van der Waals surface area contributed by atoms with E-state index >= 15 is 0 Å². The van der Waals surface area contributed by atoms with E-state index in [1.165, 1.54) is 0 Å². The highest BCUT2D eigenvalue weighted by atomic mass is 35.5. The lowest BCUT2D eigenvalue weighted by Crippen LogP contribution is -2.18. The summed E-state index contributed by atoms with van der Waals surface area (Å²) in [5, 5.41) is 4.03. The van der Waals surface area contributed by atoms with Gasteiger partial charge in [0.05, 0.1) is 32.5 Å². The minimum Gasteiger partial charge on any atom is -0.325 e. The maximum Gasteiger partial charge on any atom is 0.416 e. The van der Waals surface area contributed by atoms with E-state index in [-0.39, 0.29) is 21.4 Å². The number of carbonyl (C=O) groups is 2.